The van der Waals surface area contributed by atoms with Crippen LogP contribution < -0.4 is 5.32 Å². The Morgan fingerprint density at radius 1 is 1.39 bits per heavy atom. The molecular formula is C14H20N2O2. The Balaban J connectivity index is 2.02. The average molecular weight is 248 g/mol. The van der Waals surface area contributed by atoms with E-state index in [2.05, 4.69) is 19.2 Å². The molecular weight excluding hydrogens is 228 g/mol. The van der Waals surface area contributed by atoms with E-state index >= 15 is 0 Å². The number of carbonyl (C=O) groups is 1. The molecule has 0 saturated carbocycles. The molecule has 2 rings (SSSR count). The van der Waals surface area contributed by atoms with Crippen LogP contribution in [0.4, 0.5) is 10.5 Å². The molecule has 4 heteroatoms. The van der Waals surface area contributed by atoms with Crippen molar-refractivity contribution in [1.29, 1.82) is 0 Å². The zero-order valence-electron chi connectivity index (χ0n) is 11.0. The largest absolute Gasteiger partial charge is 0.378 e. The first kappa shape index (κ1) is 12.9. The summed E-state index contributed by atoms with van der Waals surface area (Å²) < 4.78 is 5.23. The van der Waals surface area contributed by atoms with Gasteiger partial charge in [0.2, 0.25) is 0 Å². The molecule has 1 N–H and O–H groups in total. The van der Waals surface area contributed by atoms with Gasteiger partial charge >= 0.3 is 6.03 Å². The van der Waals surface area contributed by atoms with Gasteiger partial charge in [0.05, 0.1) is 13.2 Å². The van der Waals surface area contributed by atoms with E-state index in [4.69, 9.17) is 4.74 Å². The fraction of sp³-hybridized carbons (Fsp3) is 0.500. The van der Waals surface area contributed by atoms with Gasteiger partial charge in [-0.25, -0.2) is 4.79 Å². The number of carbonyl (C=O) groups excluding carboxylic acids is 1. The van der Waals surface area contributed by atoms with Crippen molar-refractivity contribution >= 4 is 11.7 Å². The lowest BCUT2D eigenvalue weighted by atomic mass is 10.1. The smallest absolute Gasteiger partial charge is 0.321 e. The fourth-order valence-electron chi connectivity index (χ4n) is 2.10. The number of hydrogen-bond acceptors (Lipinski definition) is 2. The van der Waals surface area contributed by atoms with Crippen LogP contribution in [0, 0.1) is 6.92 Å². The minimum atomic E-state index is -0.0378. The molecule has 2 amide bonds. The van der Waals surface area contributed by atoms with Crippen molar-refractivity contribution in [2.45, 2.75) is 20.3 Å². The number of urea groups is 1. The molecule has 0 unspecified atom stereocenters. The molecule has 0 radical (unpaired) electrons. The highest BCUT2D eigenvalue weighted by molar-refractivity contribution is 5.89. The van der Waals surface area contributed by atoms with E-state index in [1.165, 1.54) is 11.1 Å². The van der Waals surface area contributed by atoms with Crippen molar-refractivity contribution in [3.05, 3.63) is 29.3 Å². The molecule has 1 aromatic carbocycles. The summed E-state index contributed by atoms with van der Waals surface area (Å²) in [5.41, 5.74) is 3.41. The molecule has 1 heterocycles. The predicted molar refractivity (Wildman–Crippen MR) is 72.0 cm³/mol. The predicted octanol–water partition coefficient (Wildman–Crippen LogP) is 2.42. The molecule has 1 aromatic rings. The molecule has 98 valence electrons. The summed E-state index contributed by atoms with van der Waals surface area (Å²) in [4.78, 5) is 13.8. The van der Waals surface area contributed by atoms with Gasteiger partial charge in [0.1, 0.15) is 0 Å². The molecule has 1 aliphatic heterocycles. The van der Waals surface area contributed by atoms with E-state index in [0.717, 1.165) is 12.1 Å². The van der Waals surface area contributed by atoms with Crippen LogP contribution in [-0.4, -0.2) is 37.2 Å². The standard InChI is InChI=1S/C14H20N2O2/c1-3-12-10-13(5-4-11(12)2)15-14(17)16-6-8-18-9-7-16/h4-5,10H,3,6-9H2,1-2H3,(H,15,17). The van der Waals surface area contributed by atoms with Crippen molar-refractivity contribution in [2.75, 3.05) is 31.6 Å². The second-order valence-electron chi connectivity index (χ2n) is 4.52. The lowest BCUT2D eigenvalue weighted by Crippen LogP contribution is -2.43. The number of morpholine rings is 1. The summed E-state index contributed by atoms with van der Waals surface area (Å²) in [6.45, 7) is 6.79. The van der Waals surface area contributed by atoms with Crippen molar-refractivity contribution < 1.29 is 9.53 Å². The Morgan fingerprint density at radius 2 is 2.11 bits per heavy atom. The quantitative estimate of drug-likeness (QED) is 0.873. The van der Waals surface area contributed by atoms with Gasteiger partial charge in [0.15, 0.2) is 0 Å². The number of amides is 2. The lowest BCUT2D eigenvalue weighted by Gasteiger charge is -2.27. The van der Waals surface area contributed by atoms with Crippen LogP contribution in [-0.2, 0) is 11.2 Å². The van der Waals surface area contributed by atoms with E-state index in [0.29, 0.717) is 26.3 Å². The van der Waals surface area contributed by atoms with Crippen molar-refractivity contribution in [3.8, 4) is 0 Å². The Kier molecular flexibility index (Phi) is 4.20. The third-order valence-electron chi connectivity index (χ3n) is 3.28. The monoisotopic (exact) mass is 248 g/mol. The zero-order chi connectivity index (χ0) is 13.0. The van der Waals surface area contributed by atoms with E-state index in [-0.39, 0.29) is 6.03 Å². The maximum Gasteiger partial charge on any atom is 0.321 e. The number of rotatable bonds is 2. The van der Waals surface area contributed by atoms with Crippen LogP contribution >= 0.6 is 0 Å². The molecule has 0 aliphatic carbocycles. The normalized spacial score (nSPS) is 15.6. The Hall–Kier alpha value is -1.55. The Bertz CT molecular complexity index is 426. The topological polar surface area (TPSA) is 41.6 Å². The van der Waals surface area contributed by atoms with Gasteiger partial charge in [0.25, 0.3) is 0 Å². The van der Waals surface area contributed by atoms with Gasteiger partial charge in [-0.2, -0.15) is 0 Å². The number of anilines is 1. The molecule has 0 spiro atoms. The van der Waals surface area contributed by atoms with Crippen LogP contribution in [0.15, 0.2) is 18.2 Å². The maximum absolute atomic E-state index is 12.0. The SMILES string of the molecule is CCc1cc(NC(=O)N2CCOCC2)ccc1C. The number of benzene rings is 1. The third-order valence-corrected chi connectivity index (χ3v) is 3.28. The summed E-state index contributed by atoms with van der Waals surface area (Å²) >= 11 is 0. The molecule has 0 aromatic heterocycles. The number of nitrogens with zero attached hydrogens (tertiary/aromatic N) is 1. The first-order valence-electron chi connectivity index (χ1n) is 6.44. The highest BCUT2D eigenvalue weighted by Crippen LogP contribution is 2.16. The van der Waals surface area contributed by atoms with Crippen molar-refractivity contribution in [2.24, 2.45) is 0 Å². The van der Waals surface area contributed by atoms with E-state index in [1.54, 1.807) is 4.90 Å². The Morgan fingerprint density at radius 3 is 2.78 bits per heavy atom. The lowest BCUT2D eigenvalue weighted by molar-refractivity contribution is 0.0564. The van der Waals surface area contributed by atoms with Crippen LogP contribution in [0.2, 0.25) is 0 Å². The summed E-state index contributed by atoms with van der Waals surface area (Å²) in [7, 11) is 0. The maximum atomic E-state index is 12.0. The van der Waals surface area contributed by atoms with Crippen molar-refractivity contribution in [1.82, 2.24) is 4.90 Å². The van der Waals surface area contributed by atoms with E-state index in [1.807, 2.05) is 18.2 Å². The van der Waals surface area contributed by atoms with Gasteiger partial charge < -0.3 is 15.0 Å². The zero-order valence-corrected chi connectivity index (χ0v) is 11.0. The first-order chi connectivity index (χ1) is 8.70. The molecule has 1 aliphatic rings. The first-order valence-corrected chi connectivity index (χ1v) is 6.44. The summed E-state index contributed by atoms with van der Waals surface area (Å²) in [5.74, 6) is 0. The average Bonchev–Trinajstić information content (AvgIpc) is 2.42. The number of aryl methyl sites for hydroxylation is 2. The van der Waals surface area contributed by atoms with Gasteiger partial charge in [-0.3, -0.25) is 0 Å². The summed E-state index contributed by atoms with van der Waals surface area (Å²) in [6.07, 6.45) is 0.979. The molecule has 1 saturated heterocycles. The van der Waals surface area contributed by atoms with Crippen LogP contribution in [0.3, 0.4) is 0 Å². The second-order valence-corrected chi connectivity index (χ2v) is 4.52. The number of hydrogen-bond donors (Lipinski definition) is 1. The second kappa shape index (κ2) is 5.87. The third kappa shape index (κ3) is 3.01. The van der Waals surface area contributed by atoms with Gasteiger partial charge in [0, 0.05) is 18.8 Å². The number of nitrogens with one attached hydrogen (secondary N) is 1. The fourth-order valence-corrected chi connectivity index (χ4v) is 2.10. The highest BCUT2D eigenvalue weighted by Gasteiger charge is 2.16. The molecule has 4 nitrogen and oxygen atoms in total. The minimum Gasteiger partial charge on any atom is -0.378 e. The number of ether oxygens (including phenoxy) is 1. The van der Waals surface area contributed by atoms with E-state index < -0.39 is 0 Å². The molecule has 18 heavy (non-hydrogen) atoms. The van der Waals surface area contributed by atoms with E-state index in [9.17, 15) is 4.79 Å². The molecule has 1 fully saturated rings. The van der Waals surface area contributed by atoms with Gasteiger partial charge in [-0.05, 0) is 36.6 Å². The highest BCUT2D eigenvalue weighted by atomic mass is 16.5. The minimum absolute atomic E-state index is 0.0378. The summed E-state index contributed by atoms with van der Waals surface area (Å²) in [5, 5.41) is 2.94. The van der Waals surface area contributed by atoms with Gasteiger partial charge in [-0.15, -0.1) is 0 Å². The van der Waals surface area contributed by atoms with Gasteiger partial charge in [-0.1, -0.05) is 13.0 Å². The molecule has 0 bridgehead atoms. The van der Waals surface area contributed by atoms with Crippen LogP contribution in [0.25, 0.3) is 0 Å². The Labute approximate surface area is 108 Å². The van der Waals surface area contributed by atoms with Crippen molar-refractivity contribution in [3.63, 3.8) is 0 Å². The van der Waals surface area contributed by atoms with Crippen LogP contribution in [0.5, 0.6) is 0 Å². The molecule has 0 atom stereocenters. The summed E-state index contributed by atoms with van der Waals surface area (Å²) in [6, 6.07) is 6.01. The van der Waals surface area contributed by atoms with Crippen LogP contribution in [0.1, 0.15) is 18.1 Å².